The number of amides is 1. The molecule has 24 heavy (non-hydrogen) atoms. The summed E-state index contributed by atoms with van der Waals surface area (Å²) in [6.45, 7) is 0.921. The fraction of sp³-hybridized carbons (Fsp3) is 0.421. The second-order valence-electron chi connectivity index (χ2n) is 6.33. The predicted octanol–water partition coefficient (Wildman–Crippen LogP) is 3.42. The van der Waals surface area contributed by atoms with Crippen LogP contribution in [0.25, 0.3) is 10.8 Å². The van der Waals surface area contributed by atoms with E-state index >= 15 is 0 Å². The van der Waals surface area contributed by atoms with E-state index in [-0.39, 0.29) is 18.3 Å². The lowest BCUT2D eigenvalue weighted by atomic mass is 9.82. The lowest BCUT2D eigenvalue weighted by Crippen LogP contribution is -2.55. The van der Waals surface area contributed by atoms with Crippen LogP contribution in [0.5, 0.6) is 5.75 Å². The number of hydrogen-bond donors (Lipinski definition) is 2. The standard InChI is InChI=1S/C19H24N2O2.ClH/c20-19(10-4-1-5-11-19)18(22)21-12-13-23-17-9-8-15-6-2-3-7-16(15)14-17;/h2-3,6-9,14H,1,4-5,10-13,20H2,(H,21,22);1H. The van der Waals surface area contributed by atoms with Crippen LogP contribution in [-0.2, 0) is 4.79 Å². The second-order valence-corrected chi connectivity index (χ2v) is 6.33. The van der Waals surface area contributed by atoms with Gasteiger partial charge in [0.05, 0.1) is 12.1 Å². The molecule has 1 amide bonds. The van der Waals surface area contributed by atoms with Gasteiger partial charge >= 0.3 is 0 Å². The van der Waals surface area contributed by atoms with Gasteiger partial charge in [0.1, 0.15) is 12.4 Å². The van der Waals surface area contributed by atoms with Gasteiger partial charge in [-0.15, -0.1) is 12.4 Å². The molecule has 0 atom stereocenters. The molecule has 3 N–H and O–H groups in total. The molecule has 1 aliphatic carbocycles. The Balaban J connectivity index is 0.00000208. The predicted molar refractivity (Wildman–Crippen MR) is 99.7 cm³/mol. The van der Waals surface area contributed by atoms with E-state index in [0.717, 1.165) is 36.8 Å². The molecule has 0 heterocycles. The van der Waals surface area contributed by atoms with Crippen molar-refractivity contribution in [1.29, 1.82) is 0 Å². The molecule has 1 fully saturated rings. The van der Waals surface area contributed by atoms with E-state index in [1.165, 1.54) is 11.8 Å². The van der Waals surface area contributed by atoms with E-state index in [2.05, 4.69) is 17.4 Å². The average molecular weight is 349 g/mol. The van der Waals surface area contributed by atoms with Crippen molar-refractivity contribution in [2.24, 2.45) is 5.73 Å². The SMILES string of the molecule is Cl.NC1(C(=O)NCCOc2ccc3ccccc3c2)CCCCC1. The monoisotopic (exact) mass is 348 g/mol. The third kappa shape index (κ3) is 4.40. The number of hydrogen-bond acceptors (Lipinski definition) is 3. The highest BCUT2D eigenvalue weighted by molar-refractivity contribution is 5.86. The molecule has 3 rings (SSSR count). The molecule has 2 aromatic carbocycles. The number of carbonyl (C=O) groups excluding carboxylic acids is 1. The molecule has 1 saturated carbocycles. The molecule has 130 valence electrons. The van der Waals surface area contributed by atoms with Crippen LogP contribution in [0.15, 0.2) is 42.5 Å². The van der Waals surface area contributed by atoms with Gasteiger partial charge in [-0.2, -0.15) is 0 Å². The molecular formula is C19H25ClN2O2. The Morgan fingerprint density at radius 3 is 2.54 bits per heavy atom. The maximum atomic E-state index is 12.2. The first-order valence-corrected chi connectivity index (χ1v) is 8.36. The summed E-state index contributed by atoms with van der Waals surface area (Å²) < 4.78 is 5.73. The first kappa shape index (κ1) is 18.6. The molecule has 4 nitrogen and oxygen atoms in total. The third-order valence-electron chi connectivity index (χ3n) is 4.58. The van der Waals surface area contributed by atoms with Crippen molar-refractivity contribution < 1.29 is 9.53 Å². The minimum Gasteiger partial charge on any atom is -0.492 e. The van der Waals surface area contributed by atoms with Gasteiger partial charge in [-0.25, -0.2) is 0 Å². The lowest BCUT2D eigenvalue weighted by Gasteiger charge is -2.31. The topological polar surface area (TPSA) is 64.4 Å². The van der Waals surface area contributed by atoms with Crippen molar-refractivity contribution in [1.82, 2.24) is 5.32 Å². The molecule has 0 aliphatic heterocycles. The van der Waals surface area contributed by atoms with Crippen molar-refractivity contribution >= 4 is 29.1 Å². The van der Waals surface area contributed by atoms with E-state index < -0.39 is 5.54 Å². The van der Waals surface area contributed by atoms with Gasteiger partial charge in [0.15, 0.2) is 0 Å². The zero-order valence-corrected chi connectivity index (χ0v) is 14.6. The van der Waals surface area contributed by atoms with Crippen molar-refractivity contribution in [2.45, 2.75) is 37.6 Å². The van der Waals surface area contributed by atoms with Crippen LogP contribution in [0.4, 0.5) is 0 Å². The molecule has 1 aliphatic rings. The number of benzene rings is 2. The molecule has 2 aromatic rings. The highest BCUT2D eigenvalue weighted by Gasteiger charge is 2.34. The zero-order chi connectivity index (χ0) is 16.1. The Morgan fingerprint density at radius 2 is 1.79 bits per heavy atom. The van der Waals surface area contributed by atoms with Gasteiger partial charge in [0.25, 0.3) is 0 Å². The van der Waals surface area contributed by atoms with E-state index in [4.69, 9.17) is 10.5 Å². The average Bonchev–Trinajstić information content (AvgIpc) is 2.59. The molecule has 0 saturated heterocycles. The first-order chi connectivity index (χ1) is 11.2. The molecule has 5 heteroatoms. The van der Waals surface area contributed by atoms with Crippen LogP contribution in [0.3, 0.4) is 0 Å². The summed E-state index contributed by atoms with van der Waals surface area (Å²) in [5, 5.41) is 5.25. The number of ether oxygens (including phenoxy) is 1. The molecule has 0 spiro atoms. The zero-order valence-electron chi connectivity index (χ0n) is 13.8. The smallest absolute Gasteiger partial charge is 0.240 e. The highest BCUT2D eigenvalue weighted by Crippen LogP contribution is 2.26. The van der Waals surface area contributed by atoms with E-state index in [9.17, 15) is 4.79 Å². The molecule has 0 aromatic heterocycles. The van der Waals surface area contributed by atoms with E-state index in [1.54, 1.807) is 0 Å². The Morgan fingerprint density at radius 1 is 1.08 bits per heavy atom. The van der Waals surface area contributed by atoms with Gasteiger partial charge in [-0.05, 0) is 35.7 Å². The van der Waals surface area contributed by atoms with Crippen molar-refractivity contribution in [3.8, 4) is 5.75 Å². The van der Waals surface area contributed by atoms with E-state index in [0.29, 0.717) is 13.2 Å². The Bertz CT molecular complexity index is 684. The fourth-order valence-electron chi connectivity index (χ4n) is 3.18. The largest absolute Gasteiger partial charge is 0.492 e. The summed E-state index contributed by atoms with van der Waals surface area (Å²) in [5.74, 6) is 0.775. The number of rotatable bonds is 5. The minimum absolute atomic E-state index is 0. The number of carbonyl (C=O) groups is 1. The Kier molecular flexibility index (Phi) is 6.46. The quantitative estimate of drug-likeness (QED) is 0.814. The van der Waals surface area contributed by atoms with Crippen LogP contribution < -0.4 is 15.8 Å². The normalized spacial score (nSPS) is 16.2. The molecule has 0 radical (unpaired) electrons. The Labute approximate surface area is 149 Å². The number of nitrogens with two attached hydrogens (primary N) is 1. The van der Waals surface area contributed by atoms with Gasteiger partial charge < -0.3 is 15.8 Å². The van der Waals surface area contributed by atoms with Crippen LogP contribution in [0, 0.1) is 0 Å². The summed E-state index contributed by atoms with van der Waals surface area (Å²) in [7, 11) is 0. The van der Waals surface area contributed by atoms with Crippen LogP contribution in [-0.4, -0.2) is 24.6 Å². The second kappa shape index (κ2) is 8.36. The third-order valence-corrected chi connectivity index (χ3v) is 4.58. The Hall–Kier alpha value is -1.78. The van der Waals surface area contributed by atoms with E-state index in [1.807, 2.05) is 30.3 Å². The lowest BCUT2D eigenvalue weighted by molar-refractivity contribution is -0.127. The van der Waals surface area contributed by atoms with Gasteiger partial charge in [0, 0.05) is 0 Å². The summed E-state index contributed by atoms with van der Waals surface area (Å²) in [6, 6.07) is 14.2. The summed E-state index contributed by atoms with van der Waals surface area (Å²) in [5.41, 5.74) is 5.53. The summed E-state index contributed by atoms with van der Waals surface area (Å²) in [4.78, 5) is 12.2. The number of fused-ring (bicyclic) bond motifs is 1. The van der Waals surface area contributed by atoms with Crippen LogP contribution >= 0.6 is 12.4 Å². The highest BCUT2D eigenvalue weighted by atomic mass is 35.5. The van der Waals surface area contributed by atoms with Gasteiger partial charge in [-0.3, -0.25) is 4.79 Å². The maximum absolute atomic E-state index is 12.2. The number of nitrogens with one attached hydrogen (secondary N) is 1. The van der Waals surface area contributed by atoms with Gasteiger partial charge in [-0.1, -0.05) is 49.6 Å². The van der Waals surface area contributed by atoms with Crippen molar-refractivity contribution in [3.05, 3.63) is 42.5 Å². The molecule has 0 unspecified atom stereocenters. The van der Waals surface area contributed by atoms with Crippen molar-refractivity contribution in [3.63, 3.8) is 0 Å². The first-order valence-electron chi connectivity index (χ1n) is 8.36. The maximum Gasteiger partial charge on any atom is 0.240 e. The summed E-state index contributed by atoms with van der Waals surface area (Å²) in [6.07, 6.45) is 4.82. The minimum atomic E-state index is -0.679. The van der Waals surface area contributed by atoms with Crippen LogP contribution in [0.1, 0.15) is 32.1 Å². The molecule has 0 bridgehead atoms. The fourth-order valence-corrected chi connectivity index (χ4v) is 3.18. The molecular weight excluding hydrogens is 324 g/mol. The number of halogens is 1. The van der Waals surface area contributed by atoms with Gasteiger partial charge in [0.2, 0.25) is 5.91 Å². The summed E-state index contributed by atoms with van der Waals surface area (Å²) >= 11 is 0. The van der Waals surface area contributed by atoms with Crippen molar-refractivity contribution in [2.75, 3.05) is 13.2 Å². The van der Waals surface area contributed by atoms with Crippen LogP contribution in [0.2, 0.25) is 0 Å².